The van der Waals surface area contributed by atoms with Gasteiger partial charge in [0.1, 0.15) is 23.2 Å². The molecule has 1 aliphatic heterocycles. The van der Waals surface area contributed by atoms with Crippen molar-refractivity contribution in [2.24, 2.45) is 11.8 Å². The molecule has 1 fully saturated rings. The highest BCUT2D eigenvalue weighted by Gasteiger charge is 2.27. The Hall–Kier alpha value is -2.80. The molecule has 2 aromatic carbocycles. The van der Waals surface area contributed by atoms with Crippen molar-refractivity contribution in [2.45, 2.75) is 52.7 Å². The maximum absolute atomic E-state index is 13.9. The average Bonchev–Trinajstić information content (AvgIpc) is 2.78. The Morgan fingerprint density at radius 3 is 2.15 bits per heavy atom. The van der Waals surface area contributed by atoms with Crippen LogP contribution in [-0.2, 0) is 17.9 Å². The minimum Gasteiger partial charge on any atom is -0.350 e. The number of amides is 2. The van der Waals surface area contributed by atoms with Gasteiger partial charge in [-0.2, -0.15) is 0 Å². The fourth-order valence-electron chi connectivity index (χ4n) is 4.00. The van der Waals surface area contributed by atoms with E-state index in [4.69, 9.17) is 0 Å². The number of benzene rings is 2. The van der Waals surface area contributed by atoms with Gasteiger partial charge in [-0.1, -0.05) is 51.1 Å². The van der Waals surface area contributed by atoms with Gasteiger partial charge in [0.25, 0.3) is 5.91 Å². The summed E-state index contributed by atoms with van der Waals surface area (Å²) in [6.45, 7) is 9.29. The number of nitrogens with one attached hydrogen (secondary N) is 2. The van der Waals surface area contributed by atoms with Crippen molar-refractivity contribution in [1.82, 2.24) is 15.5 Å². The summed E-state index contributed by atoms with van der Waals surface area (Å²) in [6, 6.07) is 10.4. The first-order valence-corrected chi connectivity index (χ1v) is 11.6. The summed E-state index contributed by atoms with van der Waals surface area (Å²) in [7, 11) is 0. The van der Waals surface area contributed by atoms with Crippen LogP contribution in [-0.4, -0.2) is 35.8 Å². The molecule has 7 heteroatoms. The highest BCUT2D eigenvalue weighted by molar-refractivity contribution is 5.98. The van der Waals surface area contributed by atoms with Crippen LogP contribution in [0.5, 0.6) is 0 Å². The van der Waals surface area contributed by atoms with Crippen LogP contribution in [0.3, 0.4) is 0 Å². The molecule has 3 rings (SSSR count). The summed E-state index contributed by atoms with van der Waals surface area (Å²) < 4.78 is 27.8. The van der Waals surface area contributed by atoms with Crippen molar-refractivity contribution in [3.8, 4) is 0 Å². The Morgan fingerprint density at radius 1 is 1.00 bits per heavy atom. The van der Waals surface area contributed by atoms with Gasteiger partial charge in [-0.3, -0.25) is 14.5 Å². The van der Waals surface area contributed by atoms with E-state index in [1.54, 1.807) is 13.8 Å². The Labute approximate surface area is 194 Å². The molecular weight excluding hydrogens is 424 g/mol. The molecule has 0 aliphatic carbocycles. The van der Waals surface area contributed by atoms with Gasteiger partial charge in [0.15, 0.2) is 0 Å². The molecule has 1 aliphatic rings. The van der Waals surface area contributed by atoms with Crippen molar-refractivity contribution in [1.29, 1.82) is 0 Å². The third-order valence-corrected chi connectivity index (χ3v) is 6.20. The molecule has 5 nitrogen and oxygen atoms in total. The molecule has 0 bridgehead atoms. The van der Waals surface area contributed by atoms with Gasteiger partial charge in [0, 0.05) is 13.1 Å². The van der Waals surface area contributed by atoms with Crippen LogP contribution >= 0.6 is 0 Å². The number of piperidine rings is 1. The largest absolute Gasteiger partial charge is 0.350 e. The Kier molecular flexibility index (Phi) is 8.55. The molecule has 1 heterocycles. The van der Waals surface area contributed by atoms with Gasteiger partial charge in [-0.15, -0.1) is 0 Å². The molecule has 2 aromatic rings. The van der Waals surface area contributed by atoms with Crippen molar-refractivity contribution < 1.29 is 18.4 Å². The molecule has 33 heavy (non-hydrogen) atoms. The smallest absolute Gasteiger partial charge is 0.257 e. The lowest BCUT2D eigenvalue weighted by Gasteiger charge is -2.30. The van der Waals surface area contributed by atoms with Crippen molar-refractivity contribution >= 4 is 11.8 Å². The summed E-state index contributed by atoms with van der Waals surface area (Å²) in [5.41, 5.74) is 1.49. The first kappa shape index (κ1) is 24.8. The normalized spacial score (nSPS) is 15.9. The first-order chi connectivity index (χ1) is 15.7. The lowest BCUT2D eigenvalue weighted by atomic mass is 9.99. The first-order valence-electron chi connectivity index (χ1n) is 11.6. The summed E-state index contributed by atoms with van der Waals surface area (Å²) in [5, 5.41) is 5.29. The van der Waals surface area contributed by atoms with Crippen molar-refractivity contribution in [3.05, 3.63) is 70.8 Å². The molecule has 2 N–H and O–H groups in total. The Morgan fingerprint density at radius 2 is 1.58 bits per heavy atom. The third-order valence-electron chi connectivity index (χ3n) is 6.20. The van der Waals surface area contributed by atoms with Gasteiger partial charge < -0.3 is 10.6 Å². The number of carbonyl (C=O) groups excluding carboxylic acids is 2. The van der Waals surface area contributed by atoms with E-state index < -0.39 is 35.1 Å². The topological polar surface area (TPSA) is 61.4 Å². The van der Waals surface area contributed by atoms with E-state index in [0.717, 1.165) is 43.2 Å². The van der Waals surface area contributed by atoms with E-state index in [1.807, 2.05) is 12.1 Å². The number of rotatable bonds is 8. The quantitative estimate of drug-likeness (QED) is 0.623. The Balaban J connectivity index is 1.54. The lowest BCUT2D eigenvalue weighted by Crippen LogP contribution is -2.49. The fraction of sp³-hybridized carbons (Fsp3) is 0.462. The van der Waals surface area contributed by atoms with Gasteiger partial charge in [-0.25, -0.2) is 8.78 Å². The van der Waals surface area contributed by atoms with E-state index in [-0.39, 0.29) is 5.92 Å². The molecule has 1 atom stereocenters. The van der Waals surface area contributed by atoms with Crippen LogP contribution in [0, 0.1) is 23.5 Å². The van der Waals surface area contributed by atoms with Crippen LogP contribution in [0.4, 0.5) is 8.78 Å². The number of carbonyl (C=O) groups is 2. The maximum atomic E-state index is 13.9. The maximum Gasteiger partial charge on any atom is 0.257 e. The van der Waals surface area contributed by atoms with Crippen molar-refractivity contribution in [2.75, 3.05) is 13.1 Å². The second-order valence-corrected chi connectivity index (χ2v) is 9.28. The van der Waals surface area contributed by atoms with Crippen LogP contribution in [0.15, 0.2) is 42.5 Å². The second-order valence-electron chi connectivity index (χ2n) is 9.28. The molecule has 0 radical (unpaired) electrons. The summed E-state index contributed by atoms with van der Waals surface area (Å²) in [4.78, 5) is 27.6. The minimum atomic E-state index is -0.963. The zero-order valence-electron chi connectivity index (χ0n) is 19.5. The van der Waals surface area contributed by atoms with Crippen LogP contribution < -0.4 is 10.6 Å². The van der Waals surface area contributed by atoms with Gasteiger partial charge >= 0.3 is 0 Å². The molecule has 178 valence electrons. The molecule has 0 aromatic heterocycles. The Bertz CT molecular complexity index is 934. The highest BCUT2D eigenvalue weighted by Crippen LogP contribution is 2.18. The number of hydrogen-bond acceptors (Lipinski definition) is 3. The minimum absolute atomic E-state index is 0.265. The SMILES string of the molecule is CC1CCN(Cc2ccc(CNC(=O)[C@@H](NC(=O)c3c(F)cccc3F)C(C)C)cc2)CC1. The summed E-state index contributed by atoms with van der Waals surface area (Å²) in [6.07, 6.45) is 2.47. The molecule has 2 amide bonds. The molecule has 0 unspecified atom stereocenters. The van der Waals surface area contributed by atoms with Gasteiger partial charge in [-0.05, 0) is 61.0 Å². The number of likely N-dealkylation sites (tertiary alicyclic amines) is 1. The van der Waals surface area contributed by atoms with E-state index in [2.05, 4.69) is 34.6 Å². The molecular formula is C26H33F2N3O2. The number of hydrogen-bond donors (Lipinski definition) is 2. The van der Waals surface area contributed by atoms with E-state index in [9.17, 15) is 18.4 Å². The zero-order valence-corrected chi connectivity index (χ0v) is 19.5. The number of nitrogens with zero attached hydrogens (tertiary/aromatic N) is 1. The molecule has 1 saturated heterocycles. The van der Waals surface area contributed by atoms with Gasteiger partial charge in [0.2, 0.25) is 5.91 Å². The van der Waals surface area contributed by atoms with Crippen LogP contribution in [0.25, 0.3) is 0 Å². The highest BCUT2D eigenvalue weighted by atomic mass is 19.1. The van der Waals surface area contributed by atoms with E-state index >= 15 is 0 Å². The lowest BCUT2D eigenvalue weighted by molar-refractivity contribution is -0.124. The monoisotopic (exact) mass is 457 g/mol. The average molecular weight is 458 g/mol. The predicted octanol–water partition coefficient (Wildman–Crippen LogP) is 4.27. The zero-order chi connectivity index (χ0) is 24.0. The van der Waals surface area contributed by atoms with Crippen LogP contribution in [0.1, 0.15) is 55.1 Å². The third kappa shape index (κ3) is 6.84. The standard InChI is InChI=1S/C26H33F2N3O2/c1-17(2)24(30-25(32)23-21(27)5-4-6-22(23)28)26(33)29-15-19-7-9-20(10-8-19)16-31-13-11-18(3)12-14-31/h4-10,17-18,24H,11-16H2,1-3H3,(H,29,33)(H,30,32)/t24-/m0/s1. The molecule has 0 spiro atoms. The predicted molar refractivity (Wildman–Crippen MR) is 124 cm³/mol. The van der Waals surface area contributed by atoms with Crippen molar-refractivity contribution in [3.63, 3.8) is 0 Å². The summed E-state index contributed by atoms with van der Waals surface area (Å²) in [5.74, 6) is -2.74. The molecule has 0 saturated carbocycles. The number of halogens is 2. The second kappa shape index (κ2) is 11.4. The van der Waals surface area contributed by atoms with Crippen LogP contribution in [0.2, 0.25) is 0 Å². The fourth-order valence-corrected chi connectivity index (χ4v) is 4.00. The van der Waals surface area contributed by atoms with Gasteiger partial charge in [0.05, 0.1) is 0 Å². The van der Waals surface area contributed by atoms with E-state index in [1.165, 1.54) is 24.5 Å². The summed E-state index contributed by atoms with van der Waals surface area (Å²) >= 11 is 0. The van der Waals surface area contributed by atoms with E-state index in [0.29, 0.717) is 6.54 Å².